The zero-order valence-corrected chi connectivity index (χ0v) is 17.1. The van der Waals surface area contributed by atoms with Gasteiger partial charge in [-0.15, -0.1) is 0 Å². The van der Waals surface area contributed by atoms with Gasteiger partial charge in [-0.2, -0.15) is 0 Å². The van der Waals surface area contributed by atoms with Gasteiger partial charge >= 0.3 is 11.7 Å². The summed E-state index contributed by atoms with van der Waals surface area (Å²) in [5.41, 5.74) is 6.54. The quantitative estimate of drug-likeness (QED) is 0.254. The predicted octanol–water partition coefficient (Wildman–Crippen LogP) is 0.728. The van der Waals surface area contributed by atoms with Crippen LogP contribution in [0.25, 0.3) is 22.6 Å². The number of nitrogen functional groups attached to an aromatic ring is 1. The van der Waals surface area contributed by atoms with Gasteiger partial charge in [-0.1, -0.05) is 24.3 Å². The molecule has 0 aliphatic rings. The Morgan fingerprint density at radius 1 is 1.13 bits per heavy atom. The Balaban J connectivity index is 2.02. The Morgan fingerprint density at radius 3 is 2.40 bits per heavy atom. The van der Waals surface area contributed by atoms with Crippen LogP contribution in [0.5, 0.6) is 0 Å². The fourth-order valence-corrected chi connectivity index (χ4v) is 3.34. The molecule has 30 heavy (non-hydrogen) atoms. The number of hydrogen-bond acceptors (Lipinski definition) is 6. The van der Waals surface area contributed by atoms with E-state index < -0.39 is 11.2 Å². The van der Waals surface area contributed by atoms with Crippen LogP contribution in [-0.4, -0.2) is 37.6 Å². The smallest absolute Gasteiger partial charge is 0.332 e. The first kappa shape index (κ1) is 21.0. The molecule has 3 rings (SSSR count). The van der Waals surface area contributed by atoms with Crippen molar-refractivity contribution in [3.63, 3.8) is 0 Å². The summed E-state index contributed by atoms with van der Waals surface area (Å²) in [5, 5.41) is 7.50. The van der Waals surface area contributed by atoms with Crippen LogP contribution >= 0.6 is 0 Å². The lowest BCUT2D eigenvalue weighted by Crippen LogP contribution is -2.39. The largest absolute Gasteiger partial charge is 0.469 e. The van der Waals surface area contributed by atoms with E-state index in [0.717, 1.165) is 5.56 Å². The zero-order valence-electron chi connectivity index (χ0n) is 17.1. The van der Waals surface area contributed by atoms with Gasteiger partial charge in [0.05, 0.1) is 7.11 Å². The van der Waals surface area contributed by atoms with Crippen molar-refractivity contribution >= 4 is 23.0 Å². The number of carbonyl (C=O) groups is 1. The van der Waals surface area contributed by atoms with Crippen molar-refractivity contribution in [2.24, 2.45) is 19.8 Å². The highest BCUT2D eigenvalue weighted by atomic mass is 16.5. The molecule has 0 saturated heterocycles. The van der Waals surface area contributed by atoms with Gasteiger partial charge < -0.3 is 15.0 Å². The van der Waals surface area contributed by atoms with Gasteiger partial charge in [-0.25, -0.2) is 9.78 Å². The maximum absolute atomic E-state index is 13.0. The average molecular weight is 412 g/mol. The van der Waals surface area contributed by atoms with E-state index in [9.17, 15) is 14.4 Å². The summed E-state index contributed by atoms with van der Waals surface area (Å²) in [6.45, 7) is 0.201. The molecule has 158 valence electrons. The highest BCUT2D eigenvalue weighted by molar-refractivity contribution is 5.95. The molecule has 0 aliphatic carbocycles. The van der Waals surface area contributed by atoms with Gasteiger partial charge in [0.2, 0.25) is 0 Å². The standard InChI is InChI=1S/C20H24N6O4/c1-24-15-18(23-17(24)13-9-7-12(8-10-13)16(21)22)25(2)20(29)26(19(15)28)11-5-4-6-14(27)30-3/h7-10H,4-6,11H2,1-3H3,(H3,21,22). The first-order chi connectivity index (χ1) is 14.3. The van der Waals surface area contributed by atoms with Crippen molar-refractivity contribution in [2.75, 3.05) is 7.11 Å². The molecule has 0 radical (unpaired) electrons. The minimum atomic E-state index is -0.456. The van der Waals surface area contributed by atoms with Crippen LogP contribution in [0.4, 0.5) is 0 Å². The van der Waals surface area contributed by atoms with Gasteiger partial charge in [0, 0.05) is 38.2 Å². The molecule has 0 fully saturated rings. The first-order valence-corrected chi connectivity index (χ1v) is 9.44. The second kappa shape index (κ2) is 8.36. The number of benzene rings is 1. The Bertz CT molecular complexity index is 1230. The Morgan fingerprint density at radius 2 is 1.80 bits per heavy atom. The third-order valence-corrected chi connectivity index (χ3v) is 5.05. The second-order valence-electron chi connectivity index (χ2n) is 6.99. The Hall–Kier alpha value is -3.69. The van der Waals surface area contributed by atoms with Gasteiger partial charge in [0.1, 0.15) is 11.7 Å². The molecule has 10 nitrogen and oxygen atoms in total. The number of rotatable bonds is 7. The van der Waals surface area contributed by atoms with Crippen LogP contribution in [0.2, 0.25) is 0 Å². The monoisotopic (exact) mass is 412 g/mol. The van der Waals surface area contributed by atoms with Gasteiger partial charge in [-0.05, 0) is 12.8 Å². The number of esters is 1. The van der Waals surface area contributed by atoms with E-state index >= 15 is 0 Å². The number of aromatic nitrogens is 4. The van der Waals surface area contributed by atoms with E-state index in [-0.39, 0.29) is 24.8 Å². The number of aryl methyl sites for hydroxylation is 2. The molecule has 10 heteroatoms. The number of unbranched alkanes of at least 4 members (excludes halogenated alkanes) is 1. The molecule has 0 bridgehead atoms. The number of nitrogens with two attached hydrogens (primary N) is 1. The average Bonchev–Trinajstić information content (AvgIpc) is 3.08. The van der Waals surface area contributed by atoms with Gasteiger partial charge in [-0.3, -0.25) is 24.1 Å². The zero-order chi connectivity index (χ0) is 22.0. The molecule has 0 atom stereocenters. The highest BCUT2D eigenvalue weighted by Gasteiger charge is 2.19. The van der Waals surface area contributed by atoms with Crippen molar-refractivity contribution in [3.05, 3.63) is 50.7 Å². The molecule has 0 saturated carbocycles. The van der Waals surface area contributed by atoms with Crippen LogP contribution < -0.4 is 17.0 Å². The number of hydrogen-bond donors (Lipinski definition) is 2. The second-order valence-corrected chi connectivity index (χ2v) is 6.99. The van der Waals surface area contributed by atoms with E-state index in [0.29, 0.717) is 35.4 Å². The number of imidazole rings is 1. The molecule has 0 unspecified atom stereocenters. The molecule has 3 N–H and O–H groups in total. The summed E-state index contributed by atoms with van der Waals surface area (Å²) in [6.07, 6.45) is 1.24. The predicted molar refractivity (Wildman–Crippen MR) is 113 cm³/mol. The summed E-state index contributed by atoms with van der Waals surface area (Å²) in [5.74, 6) is 0.164. The van der Waals surface area contributed by atoms with E-state index in [1.165, 1.54) is 16.2 Å². The molecule has 0 spiro atoms. The van der Waals surface area contributed by atoms with Crippen LogP contribution in [-0.2, 0) is 30.2 Å². The summed E-state index contributed by atoms with van der Waals surface area (Å²) < 4.78 is 8.78. The van der Waals surface area contributed by atoms with Crippen LogP contribution in [0, 0.1) is 5.41 Å². The number of ether oxygens (including phenoxy) is 1. The lowest BCUT2D eigenvalue weighted by molar-refractivity contribution is -0.140. The third kappa shape index (κ3) is 3.76. The minimum absolute atomic E-state index is 0.0379. The number of carbonyl (C=O) groups excluding carboxylic acids is 1. The maximum Gasteiger partial charge on any atom is 0.332 e. The minimum Gasteiger partial charge on any atom is -0.469 e. The topological polar surface area (TPSA) is 138 Å². The normalized spacial score (nSPS) is 11.0. The van der Waals surface area contributed by atoms with E-state index in [4.69, 9.17) is 11.1 Å². The molecule has 0 amide bonds. The molecule has 1 aromatic carbocycles. The lowest BCUT2D eigenvalue weighted by Gasteiger charge is -2.08. The summed E-state index contributed by atoms with van der Waals surface area (Å²) >= 11 is 0. The van der Waals surface area contributed by atoms with Crippen LogP contribution in [0.15, 0.2) is 33.9 Å². The van der Waals surface area contributed by atoms with Crippen molar-refractivity contribution < 1.29 is 9.53 Å². The summed E-state index contributed by atoms with van der Waals surface area (Å²) in [4.78, 5) is 41.5. The summed E-state index contributed by atoms with van der Waals surface area (Å²) in [7, 11) is 4.62. The van der Waals surface area contributed by atoms with Crippen LogP contribution in [0.3, 0.4) is 0 Å². The third-order valence-electron chi connectivity index (χ3n) is 5.05. The van der Waals surface area contributed by atoms with Gasteiger partial charge in [0.15, 0.2) is 11.2 Å². The van der Waals surface area contributed by atoms with Crippen molar-refractivity contribution in [3.8, 4) is 11.4 Å². The van der Waals surface area contributed by atoms with Crippen molar-refractivity contribution in [2.45, 2.75) is 25.8 Å². The number of nitrogens with zero attached hydrogens (tertiary/aromatic N) is 4. The number of fused-ring (bicyclic) bond motifs is 1. The number of nitrogens with one attached hydrogen (secondary N) is 1. The van der Waals surface area contributed by atoms with E-state index in [2.05, 4.69) is 9.72 Å². The van der Waals surface area contributed by atoms with Crippen molar-refractivity contribution in [1.82, 2.24) is 18.7 Å². The molecule has 2 heterocycles. The maximum atomic E-state index is 13.0. The van der Waals surface area contributed by atoms with Gasteiger partial charge in [0.25, 0.3) is 5.56 Å². The summed E-state index contributed by atoms with van der Waals surface area (Å²) in [6, 6.07) is 6.94. The first-order valence-electron chi connectivity index (χ1n) is 9.44. The fourth-order valence-electron chi connectivity index (χ4n) is 3.34. The molecular weight excluding hydrogens is 388 g/mol. The Labute approximate surface area is 172 Å². The van der Waals surface area contributed by atoms with Crippen LogP contribution in [0.1, 0.15) is 24.8 Å². The molecular formula is C20H24N6O4. The fraction of sp³-hybridized carbons (Fsp3) is 0.350. The van der Waals surface area contributed by atoms with Crippen molar-refractivity contribution in [1.29, 1.82) is 5.41 Å². The van der Waals surface area contributed by atoms with E-state index in [1.807, 2.05) is 0 Å². The van der Waals surface area contributed by atoms with E-state index in [1.54, 1.807) is 42.9 Å². The highest BCUT2D eigenvalue weighted by Crippen LogP contribution is 2.21. The molecule has 0 aliphatic heterocycles. The number of amidine groups is 1. The SMILES string of the molecule is COC(=O)CCCCn1c(=O)c2c(nc(-c3ccc(C(=N)N)cc3)n2C)n(C)c1=O. The molecule has 3 aromatic rings. The molecule has 2 aromatic heterocycles. The Kier molecular flexibility index (Phi) is 5.86. The lowest BCUT2D eigenvalue weighted by atomic mass is 10.1. The number of methoxy groups -OCH3 is 1.